The maximum Gasteiger partial charge on any atom is 0.0360 e. The lowest BCUT2D eigenvalue weighted by atomic mass is 9.74. The highest BCUT2D eigenvalue weighted by molar-refractivity contribution is 5.87. The summed E-state index contributed by atoms with van der Waals surface area (Å²) in [5.41, 5.74) is 3.35. The summed E-state index contributed by atoms with van der Waals surface area (Å²) in [6.45, 7) is 7.14. The van der Waals surface area contributed by atoms with E-state index in [2.05, 4.69) is 69.5 Å². The molecule has 2 unspecified atom stereocenters. The molecular formula is C20H27N. The SMILES string of the molecule is CNC(c1c(C)ccc2ccccc12)C1CCCC1(C)C. The Labute approximate surface area is 128 Å². The third kappa shape index (κ3) is 2.48. The van der Waals surface area contributed by atoms with Crippen molar-refractivity contribution in [3.8, 4) is 0 Å². The van der Waals surface area contributed by atoms with E-state index in [1.54, 1.807) is 0 Å². The number of rotatable bonds is 3. The van der Waals surface area contributed by atoms with Crippen LogP contribution in [-0.2, 0) is 0 Å². The molecule has 0 heterocycles. The van der Waals surface area contributed by atoms with Gasteiger partial charge < -0.3 is 5.32 Å². The van der Waals surface area contributed by atoms with Gasteiger partial charge in [-0.15, -0.1) is 0 Å². The van der Waals surface area contributed by atoms with Gasteiger partial charge in [0.1, 0.15) is 0 Å². The monoisotopic (exact) mass is 281 g/mol. The fraction of sp³-hybridized carbons (Fsp3) is 0.500. The summed E-state index contributed by atoms with van der Waals surface area (Å²) in [6.07, 6.45) is 4.04. The first kappa shape index (κ1) is 14.6. The average molecular weight is 281 g/mol. The third-order valence-corrected chi connectivity index (χ3v) is 5.55. The summed E-state index contributed by atoms with van der Waals surface area (Å²) in [5, 5.41) is 6.42. The minimum atomic E-state index is 0.428. The highest BCUT2D eigenvalue weighted by Gasteiger charge is 2.40. The van der Waals surface area contributed by atoms with E-state index in [4.69, 9.17) is 0 Å². The zero-order valence-corrected chi connectivity index (χ0v) is 13.7. The van der Waals surface area contributed by atoms with Gasteiger partial charge in [0.15, 0.2) is 0 Å². The molecule has 1 aliphatic rings. The van der Waals surface area contributed by atoms with E-state index < -0.39 is 0 Å². The van der Waals surface area contributed by atoms with Crippen molar-refractivity contribution in [2.75, 3.05) is 7.05 Å². The number of nitrogens with one attached hydrogen (secondary N) is 1. The van der Waals surface area contributed by atoms with E-state index in [1.807, 2.05) is 0 Å². The summed E-state index contributed by atoms with van der Waals surface area (Å²) in [4.78, 5) is 0. The van der Waals surface area contributed by atoms with Gasteiger partial charge in [0.05, 0.1) is 0 Å². The van der Waals surface area contributed by atoms with Crippen LogP contribution in [0, 0.1) is 18.3 Å². The molecule has 0 aliphatic heterocycles. The lowest BCUT2D eigenvalue weighted by Crippen LogP contribution is -2.32. The summed E-state index contributed by atoms with van der Waals surface area (Å²) >= 11 is 0. The summed E-state index contributed by atoms with van der Waals surface area (Å²) in [5.74, 6) is 0.715. The van der Waals surface area contributed by atoms with Crippen LogP contribution < -0.4 is 5.32 Å². The zero-order valence-electron chi connectivity index (χ0n) is 13.7. The highest BCUT2D eigenvalue weighted by Crippen LogP contribution is 2.49. The third-order valence-electron chi connectivity index (χ3n) is 5.55. The van der Waals surface area contributed by atoms with Gasteiger partial charge in [-0.3, -0.25) is 0 Å². The molecule has 0 saturated heterocycles. The van der Waals surface area contributed by atoms with Crippen LogP contribution in [0.25, 0.3) is 10.8 Å². The van der Waals surface area contributed by atoms with Gasteiger partial charge in [-0.1, -0.05) is 56.7 Å². The lowest BCUT2D eigenvalue weighted by Gasteiger charge is -2.35. The molecule has 1 saturated carbocycles. The number of aryl methyl sites for hydroxylation is 1. The van der Waals surface area contributed by atoms with Crippen molar-refractivity contribution in [2.45, 2.75) is 46.1 Å². The number of hydrogen-bond donors (Lipinski definition) is 1. The molecule has 0 amide bonds. The molecule has 0 aromatic heterocycles. The Balaban J connectivity index is 2.15. The largest absolute Gasteiger partial charge is 0.313 e. The second-order valence-corrected chi connectivity index (χ2v) is 7.27. The maximum atomic E-state index is 3.65. The number of hydrogen-bond acceptors (Lipinski definition) is 1. The Hall–Kier alpha value is -1.34. The molecule has 0 radical (unpaired) electrons. The lowest BCUT2D eigenvalue weighted by molar-refractivity contribution is 0.204. The molecule has 1 nitrogen and oxygen atoms in total. The van der Waals surface area contributed by atoms with Crippen molar-refractivity contribution < 1.29 is 0 Å². The van der Waals surface area contributed by atoms with Crippen LogP contribution in [0.5, 0.6) is 0 Å². The van der Waals surface area contributed by atoms with E-state index in [0.29, 0.717) is 17.4 Å². The van der Waals surface area contributed by atoms with Gasteiger partial charge in [0, 0.05) is 6.04 Å². The van der Waals surface area contributed by atoms with Crippen LogP contribution in [0.1, 0.15) is 50.3 Å². The first-order valence-corrected chi connectivity index (χ1v) is 8.20. The van der Waals surface area contributed by atoms with Crippen molar-refractivity contribution in [3.05, 3.63) is 47.5 Å². The zero-order chi connectivity index (χ0) is 15.0. The molecule has 0 bridgehead atoms. The predicted molar refractivity (Wildman–Crippen MR) is 91.6 cm³/mol. The average Bonchev–Trinajstić information content (AvgIpc) is 2.82. The molecule has 3 rings (SSSR count). The van der Waals surface area contributed by atoms with E-state index in [-0.39, 0.29) is 0 Å². The van der Waals surface area contributed by atoms with Crippen LogP contribution in [-0.4, -0.2) is 7.05 Å². The Morgan fingerprint density at radius 2 is 1.90 bits per heavy atom. The van der Waals surface area contributed by atoms with Crippen LogP contribution >= 0.6 is 0 Å². The minimum Gasteiger partial charge on any atom is -0.313 e. The van der Waals surface area contributed by atoms with Crippen molar-refractivity contribution in [1.29, 1.82) is 0 Å². The number of fused-ring (bicyclic) bond motifs is 1. The van der Waals surface area contributed by atoms with Crippen molar-refractivity contribution in [2.24, 2.45) is 11.3 Å². The topological polar surface area (TPSA) is 12.0 Å². The maximum absolute atomic E-state index is 3.65. The molecule has 0 spiro atoms. The molecule has 1 N–H and O–H groups in total. The quantitative estimate of drug-likeness (QED) is 0.811. The first-order chi connectivity index (χ1) is 10.0. The van der Waals surface area contributed by atoms with Crippen LogP contribution in [0.3, 0.4) is 0 Å². The Bertz CT molecular complexity index is 641. The summed E-state index contributed by atoms with van der Waals surface area (Å²) < 4.78 is 0. The van der Waals surface area contributed by atoms with Crippen LogP contribution in [0.15, 0.2) is 36.4 Å². The molecular weight excluding hydrogens is 254 g/mol. The van der Waals surface area contributed by atoms with E-state index in [1.165, 1.54) is 41.2 Å². The first-order valence-electron chi connectivity index (χ1n) is 8.20. The fourth-order valence-electron chi connectivity index (χ4n) is 4.34. The normalized spacial score (nSPS) is 22.6. The Morgan fingerprint density at radius 1 is 1.14 bits per heavy atom. The second-order valence-electron chi connectivity index (χ2n) is 7.27. The van der Waals surface area contributed by atoms with Crippen molar-refractivity contribution in [1.82, 2.24) is 5.32 Å². The fourth-order valence-corrected chi connectivity index (χ4v) is 4.34. The molecule has 2 atom stereocenters. The van der Waals surface area contributed by atoms with Gasteiger partial charge >= 0.3 is 0 Å². The molecule has 1 aliphatic carbocycles. The molecule has 1 fully saturated rings. The second kappa shape index (κ2) is 5.46. The summed E-state index contributed by atoms with van der Waals surface area (Å²) in [6, 6.07) is 13.8. The van der Waals surface area contributed by atoms with E-state index in [0.717, 1.165) is 0 Å². The summed E-state index contributed by atoms with van der Waals surface area (Å²) in [7, 11) is 2.13. The number of benzene rings is 2. The van der Waals surface area contributed by atoms with Crippen LogP contribution in [0.4, 0.5) is 0 Å². The van der Waals surface area contributed by atoms with Gasteiger partial charge in [-0.25, -0.2) is 0 Å². The minimum absolute atomic E-state index is 0.428. The van der Waals surface area contributed by atoms with Crippen molar-refractivity contribution >= 4 is 10.8 Å². The highest BCUT2D eigenvalue weighted by atomic mass is 14.9. The van der Waals surface area contributed by atoms with Gasteiger partial charge in [0.25, 0.3) is 0 Å². The van der Waals surface area contributed by atoms with Gasteiger partial charge in [0.2, 0.25) is 0 Å². The molecule has 2 aromatic carbocycles. The Kier molecular flexibility index (Phi) is 3.79. The molecule has 1 heteroatoms. The Morgan fingerprint density at radius 3 is 2.57 bits per heavy atom. The van der Waals surface area contributed by atoms with E-state index >= 15 is 0 Å². The van der Waals surface area contributed by atoms with Gasteiger partial charge in [-0.2, -0.15) is 0 Å². The van der Waals surface area contributed by atoms with E-state index in [9.17, 15) is 0 Å². The van der Waals surface area contributed by atoms with Crippen LogP contribution in [0.2, 0.25) is 0 Å². The smallest absolute Gasteiger partial charge is 0.0360 e. The predicted octanol–water partition coefficient (Wildman–Crippen LogP) is 5.24. The molecule has 2 aromatic rings. The van der Waals surface area contributed by atoms with Gasteiger partial charge in [-0.05, 0) is 60.0 Å². The molecule has 112 valence electrons. The molecule has 21 heavy (non-hydrogen) atoms. The standard InChI is InChI=1S/C20H27N/c1-14-11-12-15-8-5-6-9-16(15)18(14)19(21-4)17-10-7-13-20(17,2)3/h5-6,8-9,11-12,17,19,21H,7,10,13H2,1-4H3. The van der Waals surface area contributed by atoms with Crippen molar-refractivity contribution in [3.63, 3.8) is 0 Å².